The normalized spacial score (nSPS) is 19.3. The van der Waals surface area contributed by atoms with Gasteiger partial charge in [0, 0.05) is 12.7 Å². The van der Waals surface area contributed by atoms with Gasteiger partial charge in [-0.25, -0.2) is 8.78 Å². The lowest BCUT2D eigenvalue weighted by atomic mass is 9.78. The maximum atomic E-state index is 13.7. The summed E-state index contributed by atoms with van der Waals surface area (Å²) in [6.45, 7) is 9.09. The summed E-state index contributed by atoms with van der Waals surface area (Å²) in [6, 6.07) is 2.28. The van der Waals surface area contributed by atoms with Gasteiger partial charge < -0.3 is 15.0 Å². The third kappa shape index (κ3) is 4.43. The SMILES string of the molecule is CC(=O)SCC(=Cc1cc(F)c(N)c(F)c1)B1OC(C)(C)C(C)(C)O1. The quantitative estimate of drug-likeness (QED) is 0.646. The molecule has 0 radical (unpaired) electrons. The van der Waals surface area contributed by atoms with Crippen molar-refractivity contribution < 1.29 is 22.9 Å². The van der Waals surface area contributed by atoms with Crippen molar-refractivity contribution in [2.24, 2.45) is 0 Å². The number of halogens is 2. The summed E-state index contributed by atoms with van der Waals surface area (Å²) in [4.78, 5) is 11.3. The molecule has 1 aliphatic rings. The van der Waals surface area contributed by atoms with Crippen molar-refractivity contribution in [2.75, 3.05) is 11.5 Å². The summed E-state index contributed by atoms with van der Waals surface area (Å²) in [7, 11) is -0.708. The molecule has 1 aromatic carbocycles. The average Bonchev–Trinajstić information content (AvgIpc) is 2.68. The standard InChI is InChI=1S/C17H22BF2NO3S/c1-10(22)25-9-12(18-23-16(2,3)17(4,5)24-18)6-11-7-13(19)15(21)14(20)8-11/h6-8H,9,21H2,1-5H3. The van der Waals surface area contributed by atoms with Crippen LogP contribution < -0.4 is 5.73 Å². The van der Waals surface area contributed by atoms with Crippen molar-refractivity contribution in [3.8, 4) is 0 Å². The van der Waals surface area contributed by atoms with Crippen molar-refractivity contribution in [3.05, 3.63) is 34.8 Å². The molecule has 2 rings (SSSR count). The van der Waals surface area contributed by atoms with Crippen LogP contribution in [0, 0.1) is 11.6 Å². The predicted molar refractivity (Wildman–Crippen MR) is 98.0 cm³/mol. The third-order valence-electron chi connectivity index (χ3n) is 4.45. The molecule has 0 saturated carbocycles. The molecule has 1 heterocycles. The van der Waals surface area contributed by atoms with Gasteiger partial charge in [0.15, 0.2) is 5.12 Å². The van der Waals surface area contributed by atoms with Gasteiger partial charge in [0.05, 0.1) is 11.2 Å². The van der Waals surface area contributed by atoms with Gasteiger partial charge in [0.2, 0.25) is 0 Å². The second-order valence-corrected chi connectivity index (χ2v) is 8.14. The van der Waals surface area contributed by atoms with E-state index in [9.17, 15) is 13.6 Å². The molecule has 0 aromatic heterocycles. The fourth-order valence-corrected chi connectivity index (χ4v) is 2.85. The van der Waals surface area contributed by atoms with E-state index in [1.807, 2.05) is 27.7 Å². The second kappa shape index (κ2) is 7.09. The van der Waals surface area contributed by atoms with Crippen LogP contribution in [-0.2, 0) is 14.1 Å². The number of hydrogen-bond acceptors (Lipinski definition) is 5. The number of anilines is 1. The Labute approximate surface area is 151 Å². The summed E-state index contributed by atoms with van der Waals surface area (Å²) >= 11 is 1.08. The van der Waals surface area contributed by atoms with Gasteiger partial charge >= 0.3 is 7.12 Å². The van der Waals surface area contributed by atoms with E-state index in [1.165, 1.54) is 6.92 Å². The maximum Gasteiger partial charge on any atom is 0.491 e. The first-order chi connectivity index (χ1) is 11.4. The Morgan fingerprint density at radius 2 is 1.68 bits per heavy atom. The van der Waals surface area contributed by atoms with Gasteiger partial charge in [-0.05, 0) is 50.9 Å². The van der Waals surface area contributed by atoms with Gasteiger partial charge in [-0.15, -0.1) is 0 Å². The Hall–Kier alpha value is -1.38. The minimum atomic E-state index is -0.835. The third-order valence-corrected chi connectivity index (χ3v) is 5.34. The molecule has 1 fully saturated rings. The van der Waals surface area contributed by atoms with E-state index in [2.05, 4.69) is 0 Å². The molecule has 136 valence electrons. The first-order valence-electron chi connectivity index (χ1n) is 7.87. The first-order valence-corrected chi connectivity index (χ1v) is 8.85. The van der Waals surface area contributed by atoms with Crippen molar-refractivity contribution in [1.29, 1.82) is 0 Å². The van der Waals surface area contributed by atoms with Gasteiger partial charge in [0.1, 0.15) is 17.3 Å². The molecule has 25 heavy (non-hydrogen) atoms. The maximum absolute atomic E-state index is 13.7. The highest BCUT2D eigenvalue weighted by Gasteiger charge is 2.52. The molecule has 1 aromatic rings. The van der Waals surface area contributed by atoms with Crippen LogP contribution in [0.5, 0.6) is 0 Å². The van der Waals surface area contributed by atoms with Gasteiger partial charge in [-0.3, -0.25) is 4.79 Å². The van der Waals surface area contributed by atoms with Gasteiger partial charge in [-0.2, -0.15) is 0 Å². The van der Waals surface area contributed by atoms with Crippen LogP contribution in [0.25, 0.3) is 6.08 Å². The van der Waals surface area contributed by atoms with E-state index >= 15 is 0 Å². The monoisotopic (exact) mass is 369 g/mol. The lowest BCUT2D eigenvalue weighted by Crippen LogP contribution is -2.41. The zero-order valence-corrected chi connectivity index (χ0v) is 15.8. The van der Waals surface area contributed by atoms with Gasteiger partial charge in [0.25, 0.3) is 0 Å². The molecule has 0 spiro atoms. The van der Waals surface area contributed by atoms with E-state index < -0.39 is 35.6 Å². The molecular formula is C17H22BF2NO3S. The van der Waals surface area contributed by atoms with E-state index in [4.69, 9.17) is 15.0 Å². The number of rotatable bonds is 4. The number of hydrogen-bond donors (Lipinski definition) is 1. The largest absolute Gasteiger partial charge is 0.491 e. The summed E-state index contributed by atoms with van der Waals surface area (Å²) < 4.78 is 39.4. The number of benzene rings is 1. The number of carbonyl (C=O) groups is 1. The molecule has 8 heteroatoms. The van der Waals surface area contributed by atoms with Gasteiger partial charge in [-0.1, -0.05) is 17.8 Å². The molecule has 1 aliphatic heterocycles. The zero-order chi connectivity index (χ0) is 19.0. The van der Waals surface area contributed by atoms with Crippen LogP contribution in [0.2, 0.25) is 0 Å². The fourth-order valence-electron chi connectivity index (χ4n) is 2.26. The highest BCUT2D eigenvalue weighted by atomic mass is 32.2. The molecule has 0 amide bonds. The van der Waals surface area contributed by atoms with Crippen LogP contribution in [0.4, 0.5) is 14.5 Å². The van der Waals surface area contributed by atoms with Crippen molar-refractivity contribution in [1.82, 2.24) is 0 Å². The van der Waals surface area contributed by atoms with Crippen LogP contribution in [0.1, 0.15) is 40.2 Å². The van der Waals surface area contributed by atoms with E-state index in [0.29, 0.717) is 11.2 Å². The summed E-state index contributed by atoms with van der Waals surface area (Å²) in [5, 5.41) is -0.0721. The lowest BCUT2D eigenvalue weighted by molar-refractivity contribution is -0.109. The Bertz CT molecular complexity index is 683. The molecule has 1 saturated heterocycles. The van der Waals surface area contributed by atoms with Crippen LogP contribution in [0.15, 0.2) is 17.6 Å². The minimum Gasteiger partial charge on any atom is -0.400 e. The summed E-state index contributed by atoms with van der Waals surface area (Å²) in [5.74, 6) is -1.38. The Morgan fingerprint density at radius 3 is 2.12 bits per heavy atom. The first kappa shape index (κ1) is 19.9. The highest BCUT2D eigenvalue weighted by molar-refractivity contribution is 8.13. The predicted octanol–water partition coefficient (Wildman–Crippen LogP) is 3.84. The van der Waals surface area contributed by atoms with Crippen LogP contribution >= 0.6 is 11.8 Å². The minimum absolute atomic E-state index is 0.0721. The molecule has 0 aliphatic carbocycles. The van der Waals surface area contributed by atoms with E-state index in [1.54, 1.807) is 6.08 Å². The van der Waals surface area contributed by atoms with Crippen LogP contribution in [0.3, 0.4) is 0 Å². The number of carbonyl (C=O) groups excluding carboxylic acids is 1. The molecule has 0 unspecified atom stereocenters. The topological polar surface area (TPSA) is 61.6 Å². The number of nitrogens with two attached hydrogens (primary N) is 1. The van der Waals surface area contributed by atoms with E-state index in [-0.39, 0.29) is 10.7 Å². The Kier molecular flexibility index (Phi) is 5.66. The smallest absolute Gasteiger partial charge is 0.400 e. The molecular weight excluding hydrogens is 347 g/mol. The number of thioether (sulfide) groups is 1. The van der Waals surface area contributed by atoms with Crippen LogP contribution in [-0.4, -0.2) is 29.2 Å². The summed E-state index contributed by atoms with van der Waals surface area (Å²) in [5.41, 5.74) is 4.57. The zero-order valence-electron chi connectivity index (χ0n) is 15.0. The fraction of sp³-hybridized carbons (Fsp3) is 0.471. The average molecular weight is 369 g/mol. The van der Waals surface area contributed by atoms with E-state index in [0.717, 1.165) is 23.9 Å². The Balaban J connectivity index is 2.38. The number of nitrogen functional groups attached to an aromatic ring is 1. The molecule has 0 bridgehead atoms. The Morgan fingerprint density at radius 1 is 1.20 bits per heavy atom. The molecule has 4 nitrogen and oxygen atoms in total. The molecule has 0 atom stereocenters. The second-order valence-electron chi connectivity index (χ2n) is 6.99. The molecule has 2 N–H and O–H groups in total. The highest BCUT2D eigenvalue weighted by Crippen LogP contribution is 2.39. The lowest BCUT2D eigenvalue weighted by Gasteiger charge is -2.32. The van der Waals surface area contributed by atoms with Crippen molar-refractivity contribution in [2.45, 2.75) is 45.8 Å². The van der Waals surface area contributed by atoms with Crippen molar-refractivity contribution in [3.63, 3.8) is 0 Å². The van der Waals surface area contributed by atoms with Crippen molar-refractivity contribution >= 4 is 35.8 Å². The summed E-state index contributed by atoms with van der Waals surface area (Å²) in [6.07, 6.45) is 1.57.